The van der Waals surface area contributed by atoms with E-state index in [4.69, 9.17) is 0 Å². The van der Waals surface area contributed by atoms with Crippen LogP contribution >= 0.6 is 0 Å². The summed E-state index contributed by atoms with van der Waals surface area (Å²) in [6, 6.07) is -0.532. The number of carbonyl (C=O) groups excluding carboxylic acids is 1. The van der Waals surface area contributed by atoms with Gasteiger partial charge in [-0.25, -0.2) is 0 Å². The van der Waals surface area contributed by atoms with Crippen molar-refractivity contribution in [2.45, 2.75) is 398 Å². The van der Waals surface area contributed by atoms with Crippen molar-refractivity contribution in [2.75, 3.05) is 6.61 Å². The predicted octanol–water partition coefficient (Wildman–Crippen LogP) is 21.5. The van der Waals surface area contributed by atoms with E-state index in [1.165, 1.54) is 334 Å². The molecule has 0 saturated carbocycles. The minimum Gasteiger partial charge on any atom is -0.394 e. The van der Waals surface area contributed by atoms with Gasteiger partial charge >= 0.3 is 0 Å². The number of rotatable bonds is 61. The van der Waals surface area contributed by atoms with E-state index in [1.807, 2.05) is 0 Å². The molecule has 0 aliphatic heterocycles. The van der Waals surface area contributed by atoms with E-state index in [0.29, 0.717) is 12.8 Å². The molecule has 0 saturated heterocycles. The molecule has 0 aliphatic rings. The normalized spacial score (nSPS) is 12.6. The van der Waals surface area contributed by atoms with E-state index in [1.54, 1.807) is 0 Å². The molecule has 0 aromatic heterocycles. The largest absolute Gasteiger partial charge is 0.394 e. The minimum absolute atomic E-state index is 0.0202. The van der Waals surface area contributed by atoms with Gasteiger partial charge in [-0.05, 0) is 12.8 Å². The SMILES string of the molecule is CCCCCCCCCCCCCCCCCCCCCCCCCCCCCCCCC(O)C(CO)NC(=O)CCCCCCCCCCCCCCCCCCCCCCCCCCCC. The van der Waals surface area contributed by atoms with Crippen molar-refractivity contribution in [3.05, 3.63) is 0 Å². The van der Waals surface area contributed by atoms with Gasteiger partial charge in [0.1, 0.15) is 0 Å². The van der Waals surface area contributed by atoms with E-state index >= 15 is 0 Å². The summed E-state index contributed by atoms with van der Waals surface area (Å²) in [6.45, 7) is 4.42. The Hall–Kier alpha value is -0.610. The van der Waals surface area contributed by atoms with Gasteiger partial charge in [-0.1, -0.05) is 367 Å². The van der Waals surface area contributed by atoms with Crippen LogP contribution in [0.4, 0.5) is 0 Å². The fraction of sp³-hybridized carbons (Fsp3) is 0.984. The Labute approximate surface area is 429 Å². The quantitative estimate of drug-likeness (QED) is 0.0532. The van der Waals surface area contributed by atoms with Gasteiger partial charge in [-0.15, -0.1) is 0 Å². The standard InChI is InChI=1S/C64H129NO3/c1-3-5-7-9-11-13-15-17-19-21-23-25-27-29-31-32-33-34-35-37-39-41-43-45-47-49-51-53-55-57-59-63(67)62(61-66)65-64(68)60-58-56-54-52-50-48-46-44-42-40-38-36-30-28-26-24-22-20-18-16-14-12-10-8-6-4-2/h62-63,66-67H,3-61H2,1-2H3,(H,65,68). The summed E-state index contributed by atoms with van der Waals surface area (Å²) < 4.78 is 0. The average Bonchev–Trinajstić information content (AvgIpc) is 3.34. The van der Waals surface area contributed by atoms with E-state index in [-0.39, 0.29) is 12.5 Å². The van der Waals surface area contributed by atoms with Crippen molar-refractivity contribution in [3.8, 4) is 0 Å². The van der Waals surface area contributed by atoms with Crippen LogP contribution < -0.4 is 5.32 Å². The van der Waals surface area contributed by atoms with Gasteiger partial charge in [-0.2, -0.15) is 0 Å². The van der Waals surface area contributed by atoms with E-state index in [9.17, 15) is 15.0 Å². The summed E-state index contributed by atoms with van der Waals surface area (Å²) in [7, 11) is 0. The Morgan fingerprint density at radius 2 is 0.471 bits per heavy atom. The molecule has 0 aliphatic carbocycles. The zero-order chi connectivity index (χ0) is 49.2. The molecule has 2 atom stereocenters. The molecule has 4 nitrogen and oxygen atoms in total. The van der Waals surface area contributed by atoms with Crippen LogP contribution in [0.5, 0.6) is 0 Å². The topological polar surface area (TPSA) is 69.6 Å². The predicted molar refractivity (Wildman–Crippen MR) is 304 cm³/mol. The maximum Gasteiger partial charge on any atom is 0.220 e. The molecule has 2 unspecified atom stereocenters. The van der Waals surface area contributed by atoms with Gasteiger partial charge in [0.05, 0.1) is 18.8 Å². The van der Waals surface area contributed by atoms with Crippen LogP contribution in [0, 0.1) is 0 Å². The molecule has 1 amide bonds. The number of carbonyl (C=O) groups is 1. The van der Waals surface area contributed by atoms with Crippen LogP contribution in [0.1, 0.15) is 386 Å². The van der Waals surface area contributed by atoms with Gasteiger partial charge in [0, 0.05) is 6.42 Å². The summed E-state index contributed by atoms with van der Waals surface area (Å²) in [4.78, 5) is 12.5. The van der Waals surface area contributed by atoms with E-state index in [0.717, 1.165) is 25.7 Å². The van der Waals surface area contributed by atoms with Crippen LogP contribution in [0.25, 0.3) is 0 Å². The number of hydrogen-bond acceptors (Lipinski definition) is 3. The van der Waals surface area contributed by atoms with Crippen molar-refractivity contribution in [1.82, 2.24) is 5.32 Å². The summed E-state index contributed by atoms with van der Waals surface area (Å²) in [6.07, 6.45) is 78.5. The molecule has 4 heteroatoms. The second-order valence-corrected chi connectivity index (χ2v) is 22.6. The first-order chi connectivity index (χ1) is 33.7. The molecule has 0 fully saturated rings. The first kappa shape index (κ1) is 67.4. The van der Waals surface area contributed by atoms with Crippen molar-refractivity contribution in [1.29, 1.82) is 0 Å². The number of aliphatic hydroxyl groups excluding tert-OH is 2. The second-order valence-electron chi connectivity index (χ2n) is 22.6. The monoisotopic (exact) mass is 960 g/mol. The lowest BCUT2D eigenvalue weighted by atomic mass is 10.0. The number of aliphatic hydroxyl groups is 2. The lowest BCUT2D eigenvalue weighted by Crippen LogP contribution is -2.45. The van der Waals surface area contributed by atoms with Crippen molar-refractivity contribution in [2.24, 2.45) is 0 Å². The molecular weight excluding hydrogens is 831 g/mol. The molecule has 0 radical (unpaired) electrons. The molecule has 0 heterocycles. The van der Waals surface area contributed by atoms with Crippen molar-refractivity contribution in [3.63, 3.8) is 0 Å². The molecule has 68 heavy (non-hydrogen) atoms. The highest BCUT2D eigenvalue weighted by Crippen LogP contribution is 2.19. The number of nitrogens with one attached hydrogen (secondary N) is 1. The fourth-order valence-corrected chi connectivity index (χ4v) is 10.7. The molecule has 0 bridgehead atoms. The summed E-state index contributed by atoms with van der Waals surface area (Å²) in [5.74, 6) is -0.0202. The summed E-state index contributed by atoms with van der Waals surface area (Å²) in [5.41, 5.74) is 0. The molecule has 408 valence electrons. The zero-order valence-corrected chi connectivity index (χ0v) is 47.2. The van der Waals surface area contributed by atoms with Crippen LogP contribution in [0.2, 0.25) is 0 Å². The number of unbranched alkanes of at least 4 members (excludes halogenated alkanes) is 54. The maximum atomic E-state index is 12.5. The minimum atomic E-state index is -0.656. The van der Waals surface area contributed by atoms with Crippen LogP contribution in [-0.2, 0) is 4.79 Å². The number of amides is 1. The lowest BCUT2D eigenvalue weighted by molar-refractivity contribution is -0.123. The van der Waals surface area contributed by atoms with Gasteiger partial charge in [0.25, 0.3) is 0 Å². The summed E-state index contributed by atoms with van der Waals surface area (Å²) in [5, 5.41) is 23.4. The third-order valence-electron chi connectivity index (χ3n) is 15.6. The van der Waals surface area contributed by atoms with Crippen LogP contribution in [-0.4, -0.2) is 34.9 Å². The molecular formula is C64H129NO3. The zero-order valence-electron chi connectivity index (χ0n) is 47.2. The van der Waals surface area contributed by atoms with Gasteiger partial charge in [0.2, 0.25) is 5.91 Å². The lowest BCUT2D eigenvalue weighted by Gasteiger charge is -2.22. The third-order valence-corrected chi connectivity index (χ3v) is 15.6. The Balaban J connectivity index is 3.37. The van der Waals surface area contributed by atoms with Crippen LogP contribution in [0.15, 0.2) is 0 Å². The third kappa shape index (κ3) is 56.3. The highest BCUT2D eigenvalue weighted by atomic mass is 16.3. The van der Waals surface area contributed by atoms with Crippen molar-refractivity contribution < 1.29 is 15.0 Å². The second kappa shape index (κ2) is 60.7. The average molecular weight is 961 g/mol. The Morgan fingerprint density at radius 1 is 0.294 bits per heavy atom. The fourth-order valence-electron chi connectivity index (χ4n) is 10.7. The van der Waals surface area contributed by atoms with E-state index < -0.39 is 12.1 Å². The number of hydrogen-bond donors (Lipinski definition) is 3. The Kier molecular flexibility index (Phi) is 60.1. The first-order valence-corrected chi connectivity index (χ1v) is 32.2. The van der Waals surface area contributed by atoms with Gasteiger partial charge in [0.15, 0.2) is 0 Å². The highest BCUT2D eigenvalue weighted by Gasteiger charge is 2.20. The van der Waals surface area contributed by atoms with Gasteiger partial charge in [-0.3, -0.25) is 4.79 Å². The maximum absolute atomic E-state index is 12.5. The van der Waals surface area contributed by atoms with Crippen molar-refractivity contribution >= 4 is 5.91 Å². The Bertz CT molecular complexity index is 910. The molecule has 0 aromatic carbocycles. The molecule has 0 aromatic rings. The Morgan fingerprint density at radius 3 is 0.662 bits per heavy atom. The molecule has 0 rings (SSSR count). The highest BCUT2D eigenvalue weighted by molar-refractivity contribution is 5.76. The first-order valence-electron chi connectivity index (χ1n) is 32.2. The van der Waals surface area contributed by atoms with Gasteiger partial charge < -0.3 is 15.5 Å². The van der Waals surface area contributed by atoms with Crippen LogP contribution in [0.3, 0.4) is 0 Å². The smallest absolute Gasteiger partial charge is 0.220 e. The molecule has 3 N–H and O–H groups in total. The molecule has 0 spiro atoms. The summed E-state index contributed by atoms with van der Waals surface area (Å²) >= 11 is 0. The van der Waals surface area contributed by atoms with E-state index in [2.05, 4.69) is 19.2 Å².